The first-order chi connectivity index (χ1) is 12.9. The van der Waals surface area contributed by atoms with Crippen molar-refractivity contribution in [3.05, 3.63) is 81.5 Å². The van der Waals surface area contributed by atoms with Gasteiger partial charge in [0.05, 0.1) is 5.02 Å². The van der Waals surface area contributed by atoms with Crippen LogP contribution in [0.2, 0.25) is 10.0 Å². The molecular weight excluding hydrogens is 377 g/mol. The maximum atomic E-state index is 6.50. The molecule has 2 aromatic heterocycles. The highest BCUT2D eigenvalue weighted by atomic mass is 35.5. The number of benzene rings is 2. The van der Waals surface area contributed by atoms with Crippen LogP contribution >= 0.6 is 23.2 Å². The van der Waals surface area contributed by atoms with Crippen molar-refractivity contribution in [3.63, 3.8) is 0 Å². The Morgan fingerprint density at radius 3 is 2.37 bits per heavy atom. The molecule has 0 radical (unpaired) electrons. The summed E-state index contributed by atoms with van der Waals surface area (Å²) < 4.78 is 2.07. The molecule has 0 aliphatic carbocycles. The number of aryl methyl sites for hydroxylation is 3. The standard InChI is InChI=1S/C22H19Cl2N3/c1-13-7-10-19-25-21(17-9-8-16(23)11-18(17)24)22(27(19)12-13)26-20-14(2)5-4-6-15(20)3/h4-12,26H,1-3H3. The summed E-state index contributed by atoms with van der Waals surface area (Å²) in [5.74, 6) is 0.885. The van der Waals surface area contributed by atoms with Crippen LogP contribution in [0.4, 0.5) is 11.5 Å². The minimum atomic E-state index is 0.576. The number of imidazole rings is 1. The van der Waals surface area contributed by atoms with E-state index in [0.717, 1.165) is 34.0 Å². The van der Waals surface area contributed by atoms with E-state index in [1.807, 2.05) is 18.2 Å². The fourth-order valence-electron chi connectivity index (χ4n) is 3.27. The number of para-hydroxylation sites is 1. The number of hydrogen-bond donors (Lipinski definition) is 1. The SMILES string of the molecule is Cc1ccc2nc(-c3ccc(Cl)cc3Cl)c(Nc3c(C)cccc3C)n2c1. The van der Waals surface area contributed by atoms with Crippen LogP contribution < -0.4 is 5.32 Å². The van der Waals surface area contributed by atoms with Gasteiger partial charge in [-0.15, -0.1) is 0 Å². The topological polar surface area (TPSA) is 29.3 Å². The summed E-state index contributed by atoms with van der Waals surface area (Å²) in [5, 5.41) is 4.79. The average molecular weight is 396 g/mol. The molecule has 0 spiro atoms. The van der Waals surface area contributed by atoms with Crippen LogP contribution in [0.5, 0.6) is 0 Å². The summed E-state index contributed by atoms with van der Waals surface area (Å²) >= 11 is 12.6. The monoisotopic (exact) mass is 395 g/mol. The molecule has 4 rings (SSSR count). The molecule has 5 heteroatoms. The molecule has 0 amide bonds. The second-order valence-electron chi connectivity index (χ2n) is 6.76. The third-order valence-electron chi connectivity index (χ3n) is 4.68. The van der Waals surface area contributed by atoms with Crippen LogP contribution in [-0.4, -0.2) is 9.38 Å². The van der Waals surface area contributed by atoms with Gasteiger partial charge in [-0.25, -0.2) is 4.98 Å². The molecule has 0 saturated heterocycles. The lowest BCUT2D eigenvalue weighted by molar-refractivity contribution is 1.15. The Hall–Kier alpha value is -2.49. The molecule has 4 aromatic rings. The van der Waals surface area contributed by atoms with Gasteiger partial charge in [-0.1, -0.05) is 47.5 Å². The first-order valence-corrected chi connectivity index (χ1v) is 9.47. The number of fused-ring (bicyclic) bond motifs is 1. The van der Waals surface area contributed by atoms with Gasteiger partial charge in [0.2, 0.25) is 0 Å². The number of halogens is 2. The van der Waals surface area contributed by atoms with Crippen molar-refractivity contribution < 1.29 is 0 Å². The zero-order valence-electron chi connectivity index (χ0n) is 15.3. The highest BCUT2D eigenvalue weighted by molar-refractivity contribution is 6.36. The van der Waals surface area contributed by atoms with Gasteiger partial charge in [-0.05, 0) is 61.7 Å². The average Bonchev–Trinajstić information content (AvgIpc) is 2.96. The van der Waals surface area contributed by atoms with E-state index in [9.17, 15) is 0 Å². The Morgan fingerprint density at radius 2 is 1.67 bits per heavy atom. The number of nitrogens with zero attached hydrogens (tertiary/aromatic N) is 2. The Morgan fingerprint density at radius 1 is 0.926 bits per heavy atom. The zero-order valence-corrected chi connectivity index (χ0v) is 16.9. The van der Waals surface area contributed by atoms with E-state index in [-0.39, 0.29) is 0 Å². The summed E-state index contributed by atoms with van der Waals surface area (Å²) in [7, 11) is 0. The predicted octanol–water partition coefficient (Wildman–Crippen LogP) is 6.98. The van der Waals surface area contributed by atoms with Gasteiger partial charge in [-0.2, -0.15) is 0 Å². The van der Waals surface area contributed by atoms with E-state index < -0.39 is 0 Å². The Bertz CT molecular complexity index is 1140. The molecule has 0 saturated carbocycles. The van der Waals surface area contributed by atoms with Gasteiger partial charge in [-0.3, -0.25) is 4.40 Å². The zero-order chi connectivity index (χ0) is 19.1. The van der Waals surface area contributed by atoms with Crippen LogP contribution in [0.3, 0.4) is 0 Å². The number of anilines is 2. The molecule has 0 aliphatic heterocycles. The molecule has 136 valence electrons. The van der Waals surface area contributed by atoms with Gasteiger partial charge in [0.25, 0.3) is 0 Å². The number of nitrogens with one attached hydrogen (secondary N) is 1. The summed E-state index contributed by atoms with van der Waals surface area (Å²) in [6.45, 7) is 6.26. The number of aromatic nitrogens is 2. The van der Waals surface area contributed by atoms with Gasteiger partial charge >= 0.3 is 0 Å². The van der Waals surface area contributed by atoms with Gasteiger partial charge in [0.1, 0.15) is 17.2 Å². The predicted molar refractivity (Wildman–Crippen MR) is 115 cm³/mol. The number of hydrogen-bond acceptors (Lipinski definition) is 2. The maximum Gasteiger partial charge on any atom is 0.143 e. The van der Waals surface area contributed by atoms with Gasteiger partial charge < -0.3 is 5.32 Å². The number of rotatable bonds is 3. The lowest BCUT2D eigenvalue weighted by Crippen LogP contribution is -2.01. The summed E-state index contributed by atoms with van der Waals surface area (Å²) in [4.78, 5) is 4.84. The second-order valence-corrected chi connectivity index (χ2v) is 7.60. The number of pyridine rings is 1. The fraction of sp³-hybridized carbons (Fsp3) is 0.136. The lowest BCUT2D eigenvalue weighted by Gasteiger charge is -2.14. The van der Waals surface area contributed by atoms with Crippen LogP contribution in [0.1, 0.15) is 16.7 Å². The summed E-state index contributed by atoms with van der Waals surface area (Å²) in [6.07, 6.45) is 2.07. The van der Waals surface area contributed by atoms with Gasteiger partial charge in [0, 0.05) is 22.5 Å². The minimum absolute atomic E-state index is 0.576. The molecule has 0 unspecified atom stereocenters. The van der Waals surface area contributed by atoms with Crippen LogP contribution in [0, 0.1) is 20.8 Å². The van der Waals surface area contributed by atoms with Crippen molar-refractivity contribution >= 4 is 40.4 Å². The normalized spacial score (nSPS) is 11.1. The molecule has 0 bridgehead atoms. The smallest absolute Gasteiger partial charge is 0.143 e. The molecule has 3 nitrogen and oxygen atoms in total. The quantitative estimate of drug-likeness (QED) is 0.405. The highest BCUT2D eigenvalue weighted by Gasteiger charge is 2.18. The molecule has 0 atom stereocenters. The third-order valence-corrected chi connectivity index (χ3v) is 5.22. The first kappa shape index (κ1) is 17.9. The molecule has 27 heavy (non-hydrogen) atoms. The van der Waals surface area contributed by atoms with Crippen LogP contribution in [-0.2, 0) is 0 Å². The van der Waals surface area contributed by atoms with E-state index in [2.05, 4.69) is 61.0 Å². The van der Waals surface area contributed by atoms with E-state index in [1.165, 1.54) is 11.1 Å². The second kappa shape index (κ2) is 6.91. The molecular formula is C22H19Cl2N3. The maximum absolute atomic E-state index is 6.50. The van der Waals surface area contributed by atoms with Crippen molar-refractivity contribution in [1.82, 2.24) is 9.38 Å². The molecule has 2 heterocycles. The van der Waals surface area contributed by atoms with Crippen molar-refractivity contribution in [2.24, 2.45) is 0 Å². The van der Waals surface area contributed by atoms with Crippen LogP contribution in [0.25, 0.3) is 16.9 Å². The Kier molecular flexibility index (Phi) is 4.58. The van der Waals surface area contributed by atoms with Crippen LogP contribution in [0.15, 0.2) is 54.7 Å². The van der Waals surface area contributed by atoms with E-state index >= 15 is 0 Å². The Balaban J connectivity index is 1.98. The molecule has 1 N–H and O–H groups in total. The van der Waals surface area contributed by atoms with E-state index in [4.69, 9.17) is 28.2 Å². The summed E-state index contributed by atoms with van der Waals surface area (Å²) in [5.41, 5.74) is 7.07. The van der Waals surface area contributed by atoms with Crippen molar-refractivity contribution in [2.75, 3.05) is 5.32 Å². The molecule has 2 aromatic carbocycles. The fourth-order valence-corrected chi connectivity index (χ4v) is 3.77. The Labute approximate surface area is 168 Å². The van der Waals surface area contributed by atoms with Crippen molar-refractivity contribution in [3.8, 4) is 11.3 Å². The lowest BCUT2D eigenvalue weighted by atomic mass is 10.1. The highest BCUT2D eigenvalue weighted by Crippen LogP contribution is 2.37. The van der Waals surface area contributed by atoms with Gasteiger partial charge in [0.15, 0.2) is 0 Å². The first-order valence-electron chi connectivity index (χ1n) is 8.71. The largest absolute Gasteiger partial charge is 0.339 e. The molecule has 0 aliphatic rings. The third kappa shape index (κ3) is 3.29. The summed E-state index contributed by atoms with van der Waals surface area (Å²) in [6, 6.07) is 15.8. The van der Waals surface area contributed by atoms with Crippen molar-refractivity contribution in [1.29, 1.82) is 0 Å². The molecule has 0 fully saturated rings. The van der Waals surface area contributed by atoms with Crippen molar-refractivity contribution in [2.45, 2.75) is 20.8 Å². The minimum Gasteiger partial charge on any atom is -0.339 e. The van der Waals surface area contributed by atoms with E-state index in [0.29, 0.717) is 10.0 Å². The van der Waals surface area contributed by atoms with E-state index in [1.54, 1.807) is 6.07 Å².